The van der Waals surface area contributed by atoms with Crippen LogP contribution in [0.5, 0.6) is 0 Å². The number of aliphatic hydroxyl groups excluding tert-OH is 1. The number of imidazole rings is 1. The number of nitrogens with zero attached hydrogens (tertiary/aromatic N) is 1. The third-order valence-electron chi connectivity index (χ3n) is 3.38. The van der Waals surface area contributed by atoms with Gasteiger partial charge in [0.05, 0.1) is 11.0 Å². The van der Waals surface area contributed by atoms with E-state index in [1.165, 1.54) is 0 Å². The van der Waals surface area contributed by atoms with Gasteiger partial charge >= 0.3 is 0 Å². The lowest BCUT2D eigenvalue weighted by molar-refractivity contribution is -0.130. The van der Waals surface area contributed by atoms with Gasteiger partial charge in [-0.25, -0.2) is 4.98 Å². The van der Waals surface area contributed by atoms with Crippen LogP contribution in [0.15, 0.2) is 18.2 Å². The number of carbonyl (C=O) groups excluding carboxylic acids is 1. The fourth-order valence-corrected chi connectivity index (χ4v) is 2.46. The van der Waals surface area contributed by atoms with Gasteiger partial charge in [0.2, 0.25) is 5.91 Å². The normalized spacial score (nSPS) is 12.8. The number of amides is 1. The van der Waals surface area contributed by atoms with Crippen molar-refractivity contribution in [3.63, 3.8) is 0 Å². The molecule has 1 aromatic carbocycles. The van der Waals surface area contributed by atoms with E-state index in [0.717, 1.165) is 29.7 Å². The Labute approximate surface area is 135 Å². The minimum Gasteiger partial charge on any atom is -0.383 e. The molecule has 1 amide bonds. The van der Waals surface area contributed by atoms with Gasteiger partial charge < -0.3 is 15.4 Å². The molecular formula is C16H22ClN3O2. The van der Waals surface area contributed by atoms with Crippen LogP contribution in [-0.4, -0.2) is 33.6 Å². The zero-order valence-electron chi connectivity index (χ0n) is 12.9. The van der Waals surface area contributed by atoms with Crippen LogP contribution in [0, 0.1) is 5.92 Å². The summed E-state index contributed by atoms with van der Waals surface area (Å²) in [4.78, 5) is 19.4. The number of halogens is 1. The first-order chi connectivity index (χ1) is 10.5. The zero-order valence-corrected chi connectivity index (χ0v) is 13.7. The quantitative estimate of drug-likeness (QED) is 0.685. The molecule has 1 atom stereocenters. The first-order valence-corrected chi connectivity index (χ1v) is 7.93. The summed E-state index contributed by atoms with van der Waals surface area (Å²) in [6, 6.07) is 5.53. The molecular weight excluding hydrogens is 302 g/mol. The molecule has 6 heteroatoms. The smallest absolute Gasteiger partial charge is 0.248 e. The van der Waals surface area contributed by atoms with E-state index in [2.05, 4.69) is 15.3 Å². The van der Waals surface area contributed by atoms with E-state index in [9.17, 15) is 9.90 Å². The number of aromatic nitrogens is 2. The van der Waals surface area contributed by atoms with E-state index in [1.54, 1.807) is 0 Å². The predicted octanol–water partition coefficient (Wildman–Crippen LogP) is 2.67. The Morgan fingerprint density at radius 3 is 2.95 bits per heavy atom. The summed E-state index contributed by atoms with van der Waals surface area (Å²) >= 11 is 5.94. The lowest BCUT2D eigenvalue weighted by Gasteiger charge is -2.12. The van der Waals surface area contributed by atoms with Crippen molar-refractivity contribution in [2.45, 2.75) is 39.2 Å². The van der Waals surface area contributed by atoms with Crippen molar-refractivity contribution >= 4 is 28.5 Å². The largest absolute Gasteiger partial charge is 0.383 e. The topological polar surface area (TPSA) is 78.0 Å². The highest BCUT2D eigenvalue weighted by molar-refractivity contribution is 6.31. The first-order valence-electron chi connectivity index (χ1n) is 7.55. The second-order valence-corrected chi connectivity index (χ2v) is 6.32. The third kappa shape index (κ3) is 4.71. The van der Waals surface area contributed by atoms with Gasteiger partial charge in [-0.05, 0) is 37.0 Å². The number of aromatic amines is 1. The minimum absolute atomic E-state index is 0.295. The molecule has 0 aliphatic carbocycles. The predicted molar refractivity (Wildman–Crippen MR) is 87.9 cm³/mol. The number of aryl methyl sites for hydroxylation is 1. The zero-order chi connectivity index (χ0) is 16.1. The van der Waals surface area contributed by atoms with Crippen LogP contribution in [0.2, 0.25) is 5.02 Å². The molecule has 1 heterocycles. The number of carbonyl (C=O) groups is 1. The van der Waals surface area contributed by atoms with Crippen molar-refractivity contribution < 1.29 is 9.90 Å². The van der Waals surface area contributed by atoms with Crippen LogP contribution in [0.4, 0.5) is 0 Å². The summed E-state index contributed by atoms with van der Waals surface area (Å²) in [5.41, 5.74) is 1.80. The summed E-state index contributed by atoms with van der Waals surface area (Å²) in [5.74, 6) is 0.863. The molecule has 1 aromatic heterocycles. The molecule has 0 aliphatic rings. The number of benzene rings is 1. The Balaban J connectivity index is 1.77. The maximum atomic E-state index is 11.7. The van der Waals surface area contributed by atoms with E-state index >= 15 is 0 Å². The van der Waals surface area contributed by atoms with Gasteiger partial charge in [-0.2, -0.15) is 0 Å². The number of rotatable bonds is 7. The maximum absolute atomic E-state index is 11.7. The number of aliphatic hydroxyl groups is 1. The molecule has 0 bridgehead atoms. The van der Waals surface area contributed by atoms with Crippen LogP contribution >= 0.6 is 11.6 Å². The van der Waals surface area contributed by atoms with Crippen molar-refractivity contribution in [1.82, 2.24) is 15.3 Å². The number of hydrogen-bond acceptors (Lipinski definition) is 3. The van der Waals surface area contributed by atoms with Crippen molar-refractivity contribution in [3.05, 3.63) is 29.0 Å². The number of hydrogen-bond donors (Lipinski definition) is 3. The standard InChI is InChI=1S/C16H22ClN3O2/c1-10(2)8-14(21)16(22)18-7-3-4-15-19-12-6-5-11(17)9-13(12)20-15/h5-6,9-10,14,21H,3-4,7-8H2,1-2H3,(H,18,22)(H,19,20). The van der Waals surface area contributed by atoms with E-state index in [0.29, 0.717) is 23.9 Å². The molecule has 2 aromatic rings. The highest BCUT2D eigenvalue weighted by Gasteiger charge is 2.15. The van der Waals surface area contributed by atoms with Gasteiger partial charge in [-0.15, -0.1) is 0 Å². The van der Waals surface area contributed by atoms with Crippen LogP contribution in [0.3, 0.4) is 0 Å². The Hall–Kier alpha value is -1.59. The summed E-state index contributed by atoms with van der Waals surface area (Å²) < 4.78 is 0. The molecule has 0 spiro atoms. The Bertz CT molecular complexity index is 639. The highest BCUT2D eigenvalue weighted by atomic mass is 35.5. The number of H-pyrrole nitrogens is 1. The van der Waals surface area contributed by atoms with Gasteiger partial charge in [0, 0.05) is 18.0 Å². The maximum Gasteiger partial charge on any atom is 0.248 e. The number of nitrogens with one attached hydrogen (secondary N) is 2. The molecule has 22 heavy (non-hydrogen) atoms. The summed E-state index contributed by atoms with van der Waals surface area (Å²) in [5, 5.41) is 13.1. The van der Waals surface area contributed by atoms with Crippen molar-refractivity contribution in [2.24, 2.45) is 5.92 Å². The molecule has 0 saturated heterocycles. The minimum atomic E-state index is -0.923. The summed E-state index contributed by atoms with van der Waals surface area (Å²) in [6.07, 6.45) is 1.05. The lowest BCUT2D eigenvalue weighted by Crippen LogP contribution is -2.36. The Morgan fingerprint density at radius 2 is 2.23 bits per heavy atom. The molecule has 0 saturated carbocycles. The SMILES string of the molecule is CC(C)CC(O)C(=O)NCCCc1nc2ccc(Cl)cc2[nH]1. The van der Waals surface area contributed by atoms with Crippen LogP contribution in [0.25, 0.3) is 11.0 Å². The van der Waals surface area contributed by atoms with Crippen molar-refractivity contribution in [3.8, 4) is 0 Å². The first kappa shape index (κ1) is 16.8. The molecule has 0 aliphatic heterocycles. The fourth-order valence-electron chi connectivity index (χ4n) is 2.29. The molecule has 0 radical (unpaired) electrons. The third-order valence-corrected chi connectivity index (χ3v) is 3.61. The van der Waals surface area contributed by atoms with Crippen LogP contribution in [0.1, 0.15) is 32.5 Å². The van der Waals surface area contributed by atoms with Gasteiger partial charge in [0.1, 0.15) is 11.9 Å². The molecule has 5 nitrogen and oxygen atoms in total. The molecule has 0 fully saturated rings. The molecule has 120 valence electrons. The lowest BCUT2D eigenvalue weighted by atomic mass is 10.1. The van der Waals surface area contributed by atoms with Gasteiger partial charge in [0.25, 0.3) is 0 Å². The van der Waals surface area contributed by atoms with Crippen molar-refractivity contribution in [2.75, 3.05) is 6.54 Å². The molecule has 1 unspecified atom stereocenters. The highest BCUT2D eigenvalue weighted by Crippen LogP contribution is 2.17. The molecule has 2 rings (SSSR count). The second-order valence-electron chi connectivity index (χ2n) is 5.88. The Morgan fingerprint density at radius 1 is 1.45 bits per heavy atom. The monoisotopic (exact) mass is 323 g/mol. The van der Waals surface area contributed by atoms with Crippen LogP contribution < -0.4 is 5.32 Å². The van der Waals surface area contributed by atoms with E-state index in [4.69, 9.17) is 11.6 Å². The average molecular weight is 324 g/mol. The summed E-state index contributed by atoms with van der Waals surface area (Å²) in [7, 11) is 0. The Kier molecular flexibility index (Phi) is 5.80. The van der Waals surface area contributed by atoms with Gasteiger partial charge in [-0.1, -0.05) is 25.4 Å². The van der Waals surface area contributed by atoms with Crippen LogP contribution in [-0.2, 0) is 11.2 Å². The fraction of sp³-hybridized carbons (Fsp3) is 0.500. The van der Waals surface area contributed by atoms with Crippen molar-refractivity contribution in [1.29, 1.82) is 0 Å². The average Bonchev–Trinajstić information content (AvgIpc) is 2.84. The van der Waals surface area contributed by atoms with Gasteiger partial charge in [-0.3, -0.25) is 4.79 Å². The van der Waals surface area contributed by atoms with E-state index in [1.807, 2.05) is 32.0 Å². The number of fused-ring (bicyclic) bond motifs is 1. The molecule has 3 N–H and O–H groups in total. The second kappa shape index (κ2) is 7.61. The summed E-state index contributed by atoms with van der Waals surface area (Å²) in [6.45, 7) is 4.47. The van der Waals surface area contributed by atoms with Gasteiger partial charge in [0.15, 0.2) is 0 Å². The van der Waals surface area contributed by atoms with E-state index in [-0.39, 0.29) is 5.91 Å². The van der Waals surface area contributed by atoms with E-state index < -0.39 is 6.10 Å².